The number of carbonyl (C=O) groups is 1. The van der Waals surface area contributed by atoms with Crippen LogP contribution in [0.15, 0.2) is 0 Å². The number of aliphatic hydroxyl groups excluding tert-OH is 1. The Morgan fingerprint density at radius 3 is 2.46 bits per heavy atom. The molecule has 0 heterocycles. The van der Waals surface area contributed by atoms with Gasteiger partial charge in [-0.25, -0.2) is 4.79 Å². The molecule has 4 heteroatoms. The number of rotatable bonds is 5. The SMILES string of the molecule is CCC[C@](C)(CO)NC(=O)NCC. The molecule has 0 aromatic rings. The van der Waals surface area contributed by atoms with E-state index in [9.17, 15) is 4.79 Å². The Balaban J connectivity index is 4.02. The molecule has 1 atom stereocenters. The molecule has 2 amide bonds. The molecule has 3 N–H and O–H groups in total. The molecule has 0 aliphatic rings. The maximum Gasteiger partial charge on any atom is 0.315 e. The Bertz CT molecular complexity index is 162. The second kappa shape index (κ2) is 5.80. The van der Waals surface area contributed by atoms with Gasteiger partial charge in [0.15, 0.2) is 0 Å². The highest BCUT2D eigenvalue weighted by Crippen LogP contribution is 2.10. The maximum atomic E-state index is 11.2. The zero-order chi connectivity index (χ0) is 10.3. The number of urea groups is 1. The van der Waals surface area contributed by atoms with E-state index < -0.39 is 5.54 Å². The summed E-state index contributed by atoms with van der Waals surface area (Å²) in [6.07, 6.45) is 1.71. The first-order chi connectivity index (χ1) is 6.08. The van der Waals surface area contributed by atoms with Crippen LogP contribution in [0.2, 0.25) is 0 Å². The topological polar surface area (TPSA) is 61.4 Å². The van der Waals surface area contributed by atoms with Gasteiger partial charge >= 0.3 is 6.03 Å². The molecule has 0 unspecified atom stereocenters. The van der Waals surface area contributed by atoms with Gasteiger partial charge < -0.3 is 15.7 Å². The van der Waals surface area contributed by atoms with Gasteiger partial charge in [-0.2, -0.15) is 0 Å². The molecule has 0 aliphatic heterocycles. The van der Waals surface area contributed by atoms with Crippen molar-refractivity contribution < 1.29 is 9.90 Å². The van der Waals surface area contributed by atoms with E-state index in [0.29, 0.717) is 6.54 Å². The van der Waals surface area contributed by atoms with Crippen molar-refractivity contribution in [2.75, 3.05) is 13.2 Å². The average Bonchev–Trinajstić information content (AvgIpc) is 2.05. The molecular formula is C9H20N2O2. The monoisotopic (exact) mass is 188 g/mol. The van der Waals surface area contributed by atoms with Gasteiger partial charge in [0, 0.05) is 6.54 Å². The Morgan fingerprint density at radius 1 is 1.46 bits per heavy atom. The zero-order valence-corrected chi connectivity index (χ0v) is 8.68. The van der Waals surface area contributed by atoms with Crippen LogP contribution in [-0.2, 0) is 0 Å². The Hall–Kier alpha value is -0.770. The fourth-order valence-electron chi connectivity index (χ4n) is 1.21. The lowest BCUT2D eigenvalue weighted by molar-refractivity contribution is 0.163. The highest BCUT2D eigenvalue weighted by molar-refractivity contribution is 5.74. The van der Waals surface area contributed by atoms with E-state index in [2.05, 4.69) is 10.6 Å². The summed E-state index contributed by atoms with van der Waals surface area (Å²) in [4.78, 5) is 11.2. The molecule has 0 aromatic heterocycles. The summed E-state index contributed by atoms with van der Waals surface area (Å²) in [6, 6.07) is -0.215. The third-order valence-corrected chi connectivity index (χ3v) is 1.90. The van der Waals surface area contributed by atoms with Gasteiger partial charge in [0.2, 0.25) is 0 Å². The van der Waals surface area contributed by atoms with Crippen LogP contribution < -0.4 is 10.6 Å². The van der Waals surface area contributed by atoms with Crippen molar-refractivity contribution in [2.24, 2.45) is 0 Å². The van der Waals surface area contributed by atoms with Crippen molar-refractivity contribution in [2.45, 2.75) is 39.2 Å². The van der Waals surface area contributed by atoms with E-state index in [0.717, 1.165) is 12.8 Å². The summed E-state index contributed by atoms with van der Waals surface area (Å²) in [5.41, 5.74) is -0.492. The molecule has 0 radical (unpaired) electrons. The van der Waals surface area contributed by atoms with Gasteiger partial charge in [-0.15, -0.1) is 0 Å². The second-order valence-corrected chi connectivity index (χ2v) is 3.45. The largest absolute Gasteiger partial charge is 0.394 e. The van der Waals surface area contributed by atoms with Gasteiger partial charge in [-0.05, 0) is 20.3 Å². The molecule has 0 rings (SSSR count). The van der Waals surface area contributed by atoms with Crippen LogP contribution in [0, 0.1) is 0 Å². The lowest BCUT2D eigenvalue weighted by Crippen LogP contribution is -2.52. The Morgan fingerprint density at radius 2 is 2.08 bits per heavy atom. The fourth-order valence-corrected chi connectivity index (χ4v) is 1.21. The molecule has 13 heavy (non-hydrogen) atoms. The summed E-state index contributed by atoms with van der Waals surface area (Å²) >= 11 is 0. The molecule has 0 aliphatic carbocycles. The Labute approximate surface area is 79.7 Å². The summed E-state index contributed by atoms with van der Waals surface area (Å²) in [5.74, 6) is 0. The normalized spacial score (nSPS) is 14.8. The van der Waals surface area contributed by atoms with Crippen molar-refractivity contribution in [1.29, 1.82) is 0 Å². The molecule has 0 spiro atoms. The van der Waals surface area contributed by atoms with Crippen LogP contribution in [0.1, 0.15) is 33.6 Å². The summed E-state index contributed by atoms with van der Waals surface area (Å²) < 4.78 is 0. The van der Waals surface area contributed by atoms with Crippen LogP contribution in [0.3, 0.4) is 0 Å². The van der Waals surface area contributed by atoms with E-state index in [1.54, 1.807) is 0 Å². The number of amides is 2. The molecule has 0 saturated heterocycles. The average molecular weight is 188 g/mol. The van der Waals surface area contributed by atoms with E-state index >= 15 is 0 Å². The Kier molecular flexibility index (Phi) is 5.46. The van der Waals surface area contributed by atoms with Gasteiger partial charge in [-0.1, -0.05) is 13.3 Å². The first kappa shape index (κ1) is 12.2. The van der Waals surface area contributed by atoms with Gasteiger partial charge in [0.05, 0.1) is 12.1 Å². The predicted molar refractivity (Wildman–Crippen MR) is 52.6 cm³/mol. The van der Waals surface area contributed by atoms with Crippen LogP contribution in [0.25, 0.3) is 0 Å². The highest BCUT2D eigenvalue weighted by Gasteiger charge is 2.23. The van der Waals surface area contributed by atoms with Crippen LogP contribution in [-0.4, -0.2) is 29.8 Å². The van der Waals surface area contributed by atoms with Crippen molar-refractivity contribution in [1.82, 2.24) is 10.6 Å². The van der Waals surface area contributed by atoms with E-state index in [1.807, 2.05) is 20.8 Å². The molecule has 4 nitrogen and oxygen atoms in total. The number of carbonyl (C=O) groups excluding carboxylic acids is 1. The zero-order valence-electron chi connectivity index (χ0n) is 8.68. The van der Waals surface area contributed by atoms with Gasteiger partial charge in [0.1, 0.15) is 0 Å². The number of aliphatic hydroxyl groups is 1. The second-order valence-electron chi connectivity index (χ2n) is 3.45. The predicted octanol–water partition coefficient (Wildman–Crippen LogP) is 0.857. The standard InChI is InChI=1S/C9H20N2O2/c1-4-6-9(3,7-12)11-8(13)10-5-2/h12H,4-7H2,1-3H3,(H2,10,11,13)/t9-/m1/s1. The maximum absolute atomic E-state index is 11.2. The van der Waals surface area contributed by atoms with E-state index in [-0.39, 0.29) is 12.6 Å². The summed E-state index contributed by atoms with van der Waals surface area (Å²) in [5, 5.41) is 14.5. The minimum atomic E-state index is -0.492. The first-order valence-electron chi connectivity index (χ1n) is 4.75. The number of nitrogens with one attached hydrogen (secondary N) is 2. The molecule has 0 saturated carbocycles. The molecule has 0 bridgehead atoms. The minimum absolute atomic E-state index is 0.0298. The van der Waals surface area contributed by atoms with E-state index in [4.69, 9.17) is 5.11 Å². The molecule has 78 valence electrons. The lowest BCUT2D eigenvalue weighted by atomic mass is 9.98. The highest BCUT2D eigenvalue weighted by atomic mass is 16.3. The third-order valence-electron chi connectivity index (χ3n) is 1.90. The lowest BCUT2D eigenvalue weighted by Gasteiger charge is -2.28. The van der Waals surface area contributed by atoms with Crippen molar-refractivity contribution >= 4 is 6.03 Å². The molecular weight excluding hydrogens is 168 g/mol. The van der Waals surface area contributed by atoms with E-state index in [1.165, 1.54) is 0 Å². The smallest absolute Gasteiger partial charge is 0.315 e. The van der Waals surface area contributed by atoms with Crippen LogP contribution >= 0.6 is 0 Å². The van der Waals surface area contributed by atoms with Crippen molar-refractivity contribution in [3.8, 4) is 0 Å². The quantitative estimate of drug-likeness (QED) is 0.599. The number of hydrogen-bond acceptors (Lipinski definition) is 2. The number of hydrogen-bond donors (Lipinski definition) is 3. The minimum Gasteiger partial charge on any atom is -0.394 e. The molecule has 0 fully saturated rings. The summed E-state index contributed by atoms with van der Waals surface area (Å²) in [7, 11) is 0. The van der Waals surface area contributed by atoms with Gasteiger partial charge in [-0.3, -0.25) is 0 Å². The van der Waals surface area contributed by atoms with Crippen molar-refractivity contribution in [3.63, 3.8) is 0 Å². The third kappa shape index (κ3) is 4.72. The first-order valence-corrected chi connectivity index (χ1v) is 4.75. The van der Waals surface area contributed by atoms with Crippen LogP contribution in [0.4, 0.5) is 4.79 Å². The summed E-state index contributed by atoms with van der Waals surface area (Å²) in [6.45, 7) is 6.28. The van der Waals surface area contributed by atoms with Gasteiger partial charge in [0.25, 0.3) is 0 Å². The fraction of sp³-hybridized carbons (Fsp3) is 0.889. The molecule has 0 aromatic carbocycles. The van der Waals surface area contributed by atoms with Crippen molar-refractivity contribution in [3.05, 3.63) is 0 Å². The van der Waals surface area contributed by atoms with Crippen LogP contribution in [0.5, 0.6) is 0 Å².